The van der Waals surface area contributed by atoms with Crippen molar-refractivity contribution in [3.8, 4) is 0 Å². The predicted molar refractivity (Wildman–Crippen MR) is 178 cm³/mol. The van der Waals surface area contributed by atoms with Crippen molar-refractivity contribution in [3.63, 3.8) is 0 Å². The molecule has 0 bridgehead atoms. The van der Waals surface area contributed by atoms with Crippen LogP contribution in [-0.2, 0) is 28.6 Å². The third-order valence-electron chi connectivity index (χ3n) is 8.11. The lowest BCUT2D eigenvalue weighted by Gasteiger charge is -2.18. The van der Waals surface area contributed by atoms with Crippen LogP contribution in [0.3, 0.4) is 0 Å². The molecule has 0 fully saturated rings. The quantitative estimate of drug-likeness (QED) is 0.0418. The molecule has 0 radical (unpaired) electrons. The van der Waals surface area contributed by atoms with Crippen LogP contribution in [0.1, 0.15) is 201 Å². The first-order valence-electron chi connectivity index (χ1n) is 18.5. The second kappa shape index (κ2) is 33.3. The molecule has 1 atom stereocenters. The van der Waals surface area contributed by atoms with Gasteiger partial charge in [-0.3, -0.25) is 14.4 Å². The Labute approximate surface area is 266 Å². The van der Waals surface area contributed by atoms with Gasteiger partial charge in [0, 0.05) is 19.3 Å². The first-order valence-corrected chi connectivity index (χ1v) is 18.5. The molecule has 0 aromatic heterocycles. The number of carbonyl (C=O) groups excluding carboxylic acids is 3. The molecule has 0 unspecified atom stereocenters. The number of unbranched alkanes of at least 4 members (excludes halogenated alkanes) is 22. The number of rotatable bonds is 33. The first-order chi connectivity index (χ1) is 21.0. The molecular formula is C37H70O6. The smallest absolute Gasteiger partial charge is 0.306 e. The number of hydrogen-bond acceptors (Lipinski definition) is 6. The molecule has 0 rings (SSSR count). The lowest BCUT2D eigenvalue weighted by atomic mass is 10.0. The van der Waals surface area contributed by atoms with Crippen molar-refractivity contribution < 1.29 is 28.6 Å². The van der Waals surface area contributed by atoms with Crippen LogP contribution in [0.25, 0.3) is 0 Å². The minimum atomic E-state index is -0.753. The van der Waals surface area contributed by atoms with Gasteiger partial charge in [-0.15, -0.1) is 0 Å². The molecule has 43 heavy (non-hydrogen) atoms. The fraction of sp³-hybridized carbons (Fsp3) is 0.919. The van der Waals surface area contributed by atoms with Gasteiger partial charge in [0.15, 0.2) is 6.10 Å². The van der Waals surface area contributed by atoms with Crippen molar-refractivity contribution >= 4 is 17.9 Å². The summed E-state index contributed by atoms with van der Waals surface area (Å²) in [6, 6.07) is 0. The molecule has 0 heterocycles. The number of carbonyl (C=O) groups is 3. The Morgan fingerprint density at radius 3 is 0.930 bits per heavy atom. The molecule has 0 N–H and O–H groups in total. The van der Waals surface area contributed by atoms with Gasteiger partial charge in [-0.05, 0) is 19.3 Å². The van der Waals surface area contributed by atoms with E-state index in [1.807, 2.05) is 0 Å². The van der Waals surface area contributed by atoms with Gasteiger partial charge in [-0.2, -0.15) is 0 Å². The first kappa shape index (κ1) is 41.4. The predicted octanol–water partition coefficient (Wildman–Crippen LogP) is 11.0. The monoisotopic (exact) mass is 611 g/mol. The van der Waals surface area contributed by atoms with Crippen LogP contribution >= 0.6 is 0 Å². The average Bonchev–Trinajstić information content (AvgIpc) is 3.00. The van der Waals surface area contributed by atoms with E-state index in [0.717, 1.165) is 64.2 Å². The van der Waals surface area contributed by atoms with Gasteiger partial charge >= 0.3 is 17.9 Å². The summed E-state index contributed by atoms with van der Waals surface area (Å²) in [5, 5.41) is 0. The molecule has 0 aromatic rings. The van der Waals surface area contributed by atoms with Crippen molar-refractivity contribution in [1.29, 1.82) is 0 Å². The summed E-state index contributed by atoms with van der Waals surface area (Å²) in [6.07, 6.45) is 29.8. The zero-order valence-electron chi connectivity index (χ0n) is 28.7. The Hall–Kier alpha value is -1.59. The van der Waals surface area contributed by atoms with Gasteiger partial charge in [-0.1, -0.05) is 162 Å². The number of ether oxygens (including phenoxy) is 3. The molecule has 0 aliphatic carbocycles. The molecule has 0 aliphatic heterocycles. The van der Waals surface area contributed by atoms with Crippen LogP contribution in [0.2, 0.25) is 0 Å². The van der Waals surface area contributed by atoms with E-state index in [1.165, 1.54) is 96.3 Å². The van der Waals surface area contributed by atoms with Crippen LogP contribution in [0.15, 0.2) is 0 Å². The van der Waals surface area contributed by atoms with E-state index in [9.17, 15) is 14.4 Å². The van der Waals surface area contributed by atoms with Crippen molar-refractivity contribution in [3.05, 3.63) is 0 Å². The third kappa shape index (κ3) is 31.6. The minimum Gasteiger partial charge on any atom is -0.462 e. The van der Waals surface area contributed by atoms with Gasteiger partial charge in [0.1, 0.15) is 13.2 Å². The van der Waals surface area contributed by atoms with Gasteiger partial charge in [-0.25, -0.2) is 0 Å². The van der Waals surface area contributed by atoms with Gasteiger partial charge < -0.3 is 14.2 Å². The molecular weight excluding hydrogens is 540 g/mol. The second-order valence-electron chi connectivity index (χ2n) is 12.5. The summed E-state index contributed by atoms with van der Waals surface area (Å²) >= 11 is 0. The van der Waals surface area contributed by atoms with E-state index >= 15 is 0 Å². The number of esters is 3. The Morgan fingerprint density at radius 1 is 0.372 bits per heavy atom. The SMILES string of the molecule is CCCCCCCCCCCCCCCC(=O)O[C@@H](COC(=O)CCCCCCC)COC(=O)CCCCCCCCC. The van der Waals surface area contributed by atoms with E-state index in [0.29, 0.717) is 19.3 Å². The highest BCUT2D eigenvalue weighted by molar-refractivity contribution is 5.71. The molecule has 0 amide bonds. The maximum absolute atomic E-state index is 12.5. The van der Waals surface area contributed by atoms with E-state index in [2.05, 4.69) is 20.8 Å². The molecule has 0 spiro atoms. The summed E-state index contributed by atoms with van der Waals surface area (Å²) in [5.41, 5.74) is 0. The molecule has 6 nitrogen and oxygen atoms in total. The normalized spacial score (nSPS) is 11.8. The lowest BCUT2D eigenvalue weighted by Crippen LogP contribution is -2.30. The van der Waals surface area contributed by atoms with Gasteiger partial charge in [0.05, 0.1) is 0 Å². The van der Waals surface area contributed by atoms with Crippen molar-refractivity contribution in [2.75, 3.05) is 13.2 Å². The van der Waals surface area contributed by atoms with Crippen LogP contribution in [0, 0.1) is 0 Å². The van der Waals surface area contributed by atoms with Crippen LogP contribution in [-0.4, -0.2) is 37.2 Å². The maximum atomic E-state index is 12.5. The molecule has 6 heteroatoms. The van der Waals surface area contributed by atoms with E-state index in [4.69, 9.17) is 14.2 Å². The fourth-order valence-corrected chi connectivity index (χ4v) is 5.26. The minimum absolute atomic E-state index is 0.0660. The lowest BCUT2D eigenvalue weighted by molar-refractivity contribution is -0.167. The molecule has 0 saturated heterocycles. The Balaban J connectivity index is 4.24. The largest absolute Gasteiger partial charge is 0.462 e. The highest BCUT2D eigenvalue weighted by Crippen LogP contribution is 2.14. The maximum Gasteiger partial charge on any atom is 0.306 e. The molecule has 254 valence electrons. The Bertz CT molecular complexity index is 635. The second-order valence-corrected chi connectivity index (χ2v) is 12.5. The number of hydrogen-bond donors (Lipinski definition) is 0. The highest BCUT2D eigenvalue weighted by Gasteiger charge is 2.19. The van der Waals surface area contributed by atoms with Crippen LogP contribution in [0.5, 0.6) is 0 Å². The standard InChI is InChI=1S/C37H70O6/c1-4-7-10-13-15-16-17-18-19-20-22-25-28-31-37(40)43-34(32-41-35(38)29-26-23-12-9-6-3)33-42-36(39)30-27-24-21-14-11-8-5-2/h34H,4-33H2,1-3H3/t34-/m0/s1. The van der Waals surface area contributed by atoms with Crippen molar-refractivity contribution in [1.82, 2.24) is 0 Å². The van der Waals surface area contributed by atoms with E-state index in [1.54, 1.807) is 0 Å². The van der Waals surface area contributed by atoms with Crippen molar-refractivity contribution in [2.24, 2.45) is 0 Å². The summed E-state index contributed by atoms with van der Waals surface area (Å²) in [5.74, 6) is -0.886. The molecule has 0 aliphatic rings. The highest BCUT2D eigenvalue weighted by atomic mass is 16.6. The zero-order chi connectivity index (χ0) is 31.6. The van der Waals surface area contributed by atoms with Gasteiger partial charge in [0.2, 0.25) is 0 Å². The molecule has 0 saturated carbocycles. The van der Waals surface area contributed by atoms with Crippen molar-refractivity contribution in [2.45, 2.75) is 207 Å². The average molecular weight is 611 g/mol. The summed E-state index contributed by atoms with van der Waals surface area (Å²) in [4.78, 5) is 37.0. The van der Waals surface area contributed by atoms with E-state index < -0.39 is 6.10 Å². The summed E-state index contributed by atoms with van der Waals surface area (Å²) in [7, 11) is 0. The topological polar surface area (TPSA) is 78.9 Å². The Kier molecular flexibility index (Phi) is 32.1. The van der Waals surface area contributed by atoms with Crippen LogP contribution in [0.4, 0.5) is 0 Å². The third-order valence-corrected chi connectivity index (χ3v) is 8.11. The molecule has 0 aromatic carbocycles. The summed E-state index contributed by atoms with van der Waals surface area (Å²) in [6.45, 7) is 6.49. The Morgan fingerprint density at radius 2 is 0.628 bits per heavy atom. The zero-order valence-corrected chi connectivity index (χ0v) is 28.7. The fourth-order valence-electron chi connectivity index (χ4n) is 5.26. The summed E-state index contributed by atoms with van der Waals surface area (Å²) < 4.78 is 16.4. The van der Waals surface area contributed by atoms with E-state index in [-0.39, 0.29) is 31.1 Å². The van der Waals surface area contributed by atoms with Crippen LogP contribution < -0.4 is 0 Å². The van der Waals surface area contributed by atoms with Gasteiger partial charge in [0.25, 0.3) is 0 Å².